The largest absolute Gasteiger partial charge is 0.492 e. The Bertz CT molecular complexity index is 409. The number of rotatable bonds is 5. The summed E-state index contributed by atoms with van der Waals surface area (Å²) in [4.78, 5) is 12.0. The molecule has 1 unspecified atom stereocenters. The highest BCUT2D eigenvalue weighted by Crippen LogP contribution is 2.26. The number of nitrogens with one attached hydrogen (secondary N) is 1. The molecule has 1 atom stereocenters. The quantitative estimate of drug-likeness (QED) is 0.499. The molecule has 1 N–H and O–H groups in total. The zero-order chi connectivity index (χ0) is 12.8. The van der Waals surface area contributed by atoms with Gasteiger partial charge in [0.05, 0.1) is 5.92 Å². The van der Waals surface area contributed by atoms with Gasteiger partial charge in [-0.2, -0.15) is 0 Å². The summed E-state index contributed by atoms with van der Waals surface area (Å²) in [5.41, 5.74) is 1.14. The summed E-state index contributed by atoms with van der Waals surface area (Å²) in [6.07, 6.45) is 3.00. The average molecular weight is 359 g/mol. The van der Waals surface area contributed by atoms with Crippen molar-refractivity contribution < 1.29 is 9.53 Å². The van der Waals surface area contributed by atoms with Crippen molar-refractivity contribution in [1.29, 1.82) is 0 Å². The molecule has 1 aliphatic rings. The predicted molar refractivity (Wildman–Crippen MR) is 80.3 cm³/mol. The topological polar surface area (TPSA) is 38.3 Å². The normalized spacial score (nSPS) is 17.7. The lowest BCUT2D eigenvalue weighted by molar-refractivity contribution is -0.126. The fraction of sp³-hybridized carbons (Fsp3) is 0.500. The molecule has 4 heteroatoms. The maximum atomic E-state index is 12.0. The molecule has 0 aromatic heterocycles. The molecule has 1 amide bonds. The van der Waals surface area contributed by atoms with Crippen molar-refractivity contribution in [3.05, 3.63) is 29.8 Å². The van der Waals surface area contributed by atoms with Gasteiger partial charge in [0.25, 0.3) is 0 Å². The van der Waals surface area contributed by atoms with Crippen LogP contribution in [-0.4, -0.2) is 23.5 Å². The van der Waals surface area contributed by atoms with Gasteiger partial charge in [0.15, 0.2) is 0 Å². The molecule has 3 nitrogen and oxygen atoms in total. The summed E-state index contributed by atoms with van der Waals surface area (Å²) in [7, 11) is 0. The van der Waals surface area contributed by atoms with E-state index in [1.807, 2.05) is 24.3 Å². The minimum atomic E-state index is -0.0421. The van der Waals surface area contributed by atoms with Crippen LogP contribution in [0.1, 0.15) is 18.4 Å². The number of amides is 1. The molecule has 98 valence electrons. The van der Waals surface area contributed by atoms with Gasteiger partial charge in [-0.05, 0) is 35.3 Å². The molecular weight excluding hydrogens is 341 g/mol. The number of benzene rings is 1. The number of carbonyl (C=O) groups excluding carboxylic acids is 1. The van der Waals surface area contributed by atoms with Crippen LogP contribution < -0.4 is 10.1 Å². The standard InChI is InChI=1S/C14H18INO2/c15-7-3-4-8-16-14(17)12-9-11-5-1-2-6-13(11)18-10-12/h1-2,5-6,12H,3-4,7-10H2,(H,16,17). The van der Waals surface area contributed by atoms with Gasteiger partial charge in [-0.1, -0.05) is 40.8 Å². The zero-order valence-electron chi connectivity index (χ0n) is 10.3. The van der Waals surface area contributed by atoms with Crippen molar-refractivity contribution in [3.63, 3.8) is 0 Å². The van der Waals surface area contributed by atoms with Crippen molar-refractivity contribution in [3.8, 4) is 5.75 Å². The number of ether oxygens (including phenoxy) is 1. The minimum absolute atomic E-state index is 0.0421. The predicted octanol–water partition coefficient (Wildman–Crippen LogP) is 2.57. The molecule has 1 heterocycles. The fourth-order valence-electron chi connectivity index (χ4n) is 2.07. The smallest absolute Gasteiger partial charge is 0.226 e. The molecule has 2 rings (SSSR count). The van der Waals surface area contributed by atoms with Crippen molar-refractivity contribution in [2.75, 3.05) is 17.6 Å². The zero-order valence-corrected chi connectivity index (χ0v) is 12.5. The Balaban J connectivity index is 1.83. The summed E-state index contributed by atoms with van der Waals surface area (Å²) < 4.78 is 6.77. The second-order valence-electron chi connectivity index (χ2n) is 4.51. The molecule has 0 fully saturated rings. The molecule has 1 aromatic carbocycles. The summed E-state index contributed by atoms with van der Waals surface area (Å²) in [6, 6.07) is 7.95. The van der Waals surface area contributed by atoms with Gasteiger partial charge < -0.3 is 10.1 Å². The highest BCUT2D eigenvalue weighted by atomic mass is 127. The number of carbonyl (C=O) groups is 1. The van der Waals surface area contributed by atoms with Crippen LogP contribution in [0.15, 0.2) is 24.3 Å². The van der Waals surface area contributed by atoms with Gasteiger partial charge in [-0.15, -0.1) is 0 Å². The molecule has 0 spiro atoms. The lowest BCUT2D eigenvalue weighted by Gasteiger charge is -2.24. The van der Waals surface area contributed by atoms with E-state index in [9.17, 15) is 4.79 Å². The van der Waals surface area contributed by atoms with Crippen molar-refractivity contribution >= 4 is 28.5 Å². The molecular formula is C14H18INO2. The Morgan fingerprint density at radius 2 is 2.22 bits per heavy atom. The molecule has 0 radical (unpaired) electrons. The maximum absolute atomic E-state index is 12.0. The first kappa shape index (κ1) is 13.6. The van der Waals surface area contributed by atoms with Crippen LogP contribution in [0.25, 0.3) is 0 Å². The number of hydrogen-bond acceptors (Lipinski definition) is 2. The average Bonchev–Trinajstić information content (AvgIpc) is 2.43. The SMILES string of the molecule is O=C(NCCCCI)C1COc2ccccc2C1. The first-order valence-corrected chi connectivity index (χ1v) is 7.88. The Hall–Kier alpha value is -0.780. The molecule has 0 saturated heterocycles. The number of hydrogen-bond donors (Lipinski definition) is 1. The Labute approximate surface area is 121 Å². The molecule has 0 saturated carbocycles. The first-order chi connectivity index (χ1) is 8.81. The van der Waals surface area contributed by atoms with E-state index in [2.05, 4.69) is 27.9 Å². The van der Waals surface area contributed by atoms with Gasteiger partial charge >= 0.3 is 0 Å². The monoisotopic (exact) mass is 359 g/mol. The second kappa shape index (κ2) is 6.97. The number of halogens is 1. The van der Waals surface area contributed by atoms with Crippen molar-refractivity contribution in [2.45, 2.75) is 19.3 Å². The van der Waals surface area contributed by atoms with Crippen molar-refractivity contribution in [2.24, 2.45) is 5.92 Å². The number of fused-ring (bicyclic) bond motifs is 1. The van der Waals surface area contributed by atoms with E-state index in [-0.39, 0.29) is 11.8 Å². The molecule has 0 bridgehead atoms. The van der Waals surface area contributed by atoms with E-state index in [0.29, 0.717) is 6.61 Å². The van der Waals surface area contributed by atoms with Crippen LogP contribution in [0.2, 0.25) is 0 Å². The summed E-state index contributed by atoms with van der Waals surface area (Å²) in [5, 5.41) is 3.00. The Morgan fingerprint density at radius 3 is 3.06 bits per heavy atom. The minimum Gasteiger partial charge on any atom is -0.492 e. The highest BCUT2D eigenvalue weighted by Gasteiger charge is 2.25. The van der Waals surface area contributed by atoms with Crippen LogP contribution in [0.5, 0.6) is 5.75 Å². The highest BCUT2D eigenvalue weighted by molar-refractivity contribution is 14.1. The van der Waals surface area contributed by atoms with Gasteiger partial charge in [0.1, 0.15) is 12.4 Å². The van der Waals surface area contributed by atoms with Gasteiger partial charge in [-0.25, -0.2) is 0 Å². The molecule has 1 aromatic rings. The van der Waals surface area contributed by atoms with E-state index < -0.39 is 0 Å². The lowest BCUT2D eigenvalue weighted by Crippen LogP contribution is -2.37. The first-order valence-electron chi connectivity index (χ1n) is 6.35. The fourth-order valence-corrected chi connectivity index (χ4v) is 2.61. The Kier molecular flexibility index (Phi) is 5.28. The van der Waals surface area contributed by atoms with E-state index >= 15 is 0 Å². The van der Waals surface area contributed by atoms with Crippen LogP contribution in [0.4, 0.5) is 0 Å². The number of unbranched alkanes of at least 4 members (excludes halogenated alkanes) is 1. The van der Waals surface area contributed by atoms with Gasteiger partial charge in [0.2, 0.25) is 5.91 Å². The molecule has 0 aliphatic carbocycles. The van der Waals surface area contributed by atoms with E-state index in [0.717, 1.165) is 41.5 Å². The van der Waals surface area contributed by atoms with E-state index in [1.54, 1.807) is 0 Å². The van der Waals surface area contributed by atoms with Gasteiger partial charge in [0, 0.05) is 6.54 Å². The summed E-state index contributed by atoms with van der Waals surface area (Å²) in [5.74, 6) is 1.00. The maximum Gasteiger partial charge on any atom is 0.226 e. The second-order valence-corrected chi connectivity index (χ2v) is 5.59. The summed E-state index contributed by atoms with van der Waals surface area (Å²) >= 11 is 2.36. The third-order valence-electron chi connectivity index (χ3n) is 3.11. The third-order valence-corrected chi connectivity index (χ3v) is 3.87. The Morgan fingerprint density at radius 1 is 1.39 bits per heavy atom. The van der Waals surface area contributed by atoms with Gasteiger partial charge in [-0.3, -0.25) is 4.79 Å². The van der Waals surface area contributed by atoms with Crippen LogP contribution >= 0.6 is 22.6 Å². The third kappa shape index (κ3) is 3.60. The van der Waals surface area contributed by atoms with E-state index in [1.165, 1.54) is 0 Å². The summed E-state index contributed by atoms with van der Waals surface area (Å²) in [6.45, 7) is 1.27. The number of alkyl halides is 1. The van der Waals surface area contributed by atoms with E-state index in [4.69, 9.17) is 4.74 Å². The molecule has 1 aliphatic heterocycles. The van der Waals surface area contributed by atoms with Crippen LogP contribution in [0.3, 0.4) is 0 Å². The molecule has 18 heavy (non-hydrogen) atoms. The lowest BCUT2D eigenvalue weighted by atomic mass is 9.96. The van der Waals surface area contributed by atoms with Crippen LogP contribution in [-0.2, 0) is 11.2 Å². The van der Waals surface area contributed by atoms with Crippen LogP contribution in [0, 0.1) is 5.92 Å². The number of para-hydroxylation sites is 1. The van der Waals surface area contributed by atoms with Crippen molar-refractivity contribution in [1.82, 2.24) is 5.32 Å².